The van der Waals surface area contributed by atoms with Crippen LogP contribution in [0.5, 0.6) is 0 Å². The van der Waals surface area contributed by atoms with Crippen LogP contribution in [0.2, 0.25) is 5.02 Å². The van der Waals surface area contributed by atoms with Crippen LogP contribution in [-0.4, -0.2) is 11.8 Å². The first-order chi connectivity index (χ1) is 6.59. The van der Waals surface area contributed by atoms with E-state index in [9.17, 15) is 9.18 Å². The molecule has 0 atom stereocenters. The van der Waals surface area contributed by atoms with Gasteiger partial charge in [0.15, 0.2) is 0 Å². The fraction of sp³-hybridized carbons (Fsp3) is 0.222. The Labute approximate surface area is 91.9 Å². The monoisotopic (exact) mass is 233 g/mol. The molecule has 0 fully saturated rings. The van der Waals surface area contributed by atoms with Crippen LogP contribution in [0.3, 0.4) is 0 Å². The van der Waals surface area contributed by atoms with Crippen LogP contribution in [0, 0.1) is 5.82 Å². The van der Waals surface area contributed by atoms with Gasteiger partial charge >= 0.3 is 0 Å². The van der Waals surface area contributed by atoms with E-state index in [1.807, 2.05) is 0 Å². The molecular weight excluding hydrogens is 225 g/mol. The number of benzene rings is 1. The normalized spacial score (nSPS) is 9.93. The van der Waals surface area contributed by atoms with E-state index in [0.717, 1.165) is 0 Å². The summed E-state index contributed by atoms with van der Waals surface area (Å²) in [6, 6.07) is 4.33. The molecule has 0 saturated heterocycles. The van der Waals surface area contributed by atoms with E-state index < -0.39 is 5.24 Å². The number of halogens is 2. The fourth-order valence-corrected chi connectivity index (χ4v) is 1.35. The molecule has 2 nitrogen and oxygen atoms in total. The molecule has 0 unspecified atom stereocenters. The predicted octanol–water partition coefficient (Wildman–Crippen LogP) is 2.66. The molecule has 0 aromatic heterocycles. The van der Waals surface area contributed by atoms with Gasteiger partial charge in [-0.1, -0.05) is 24.2 Å². The number of hydrogen-bond donors (Lipinski definition) is 2. The molecule has 76 valence electrons. The summed E-state index contributed by atoms with van der Waals surface area (Å²) in [5.41, 5.74) is 0.486. The number of amides is 1. The van der Waals surface area contributed by atoms with Gasteiger partial charge in [-0.05, 0) is 30.2 Å². The molecule has 0 radical (unpaired) electrons. The van der Waals surface area contributed by atoms with Crippen molar-refractivity contribution in [2.75, 3.05) is 6.54 Å². The minimum Gasteiger partial charge on any atom is -0.347 e. The number of carbonyl (C=O) groups is 1. The van der Waals surface area contributed by atoms with E-state index >= 15 is 0 Å². The van der Waals surface area contributed by atoms with E-state index in [0.29, 0.717) is 23.6 Å². The third-order valence-corrected chi connectivity index (χ3v) is 2.07. The minimum absolute atomic E-state index is 0.317. The minimum atomic E-state index is -0.424. The van der Waals surface area contributed by atoms with Crippen molar-refractivity contribution >= 4 is 29.5 Å². The van der Waals surface area contributed by atoms with Crippen molar-refractivity contribution in [3.63, 3.8) is 0 Å². The number of hydrogen-bond acceptors (Lipinski definition) is 1. The van der Waals surface area contributed by atoms with E-state index in [1.165, 1.54) is 12.1 Å². The lowest BCUT2D eigenvalue weighted by Crippen LogP contribution is -2.19. The maximum atomic E-state index is 13.1. The standard InChI is InChI=1S/C9H9ClFNOS/c10-7-1-2-8(11)6(5-7)3-4-12-9(13)14/h1-2,5H,3-4H2,(H2,12,13,14). The predicted molar refractivity (Wildman–Crippen MR) is 57.5 cm³/mol. The van der Waals surface area contributed by atoms with Gasteiger partial charge in [0.2, 0.25) is 0 Å². The molecule has 0 aliphatic heterocycles. The lowest BCUT2D eigenvalue weighted by atomic mass is 10.1. The highest BCUT2D eigenvalue weighted by molar-refractivity contribution is 7.96. The maximum Gasteiger partial charge on any atom is 0.275 e. The first-order valence-corrected chi connectivity index (χ1v) is 4.83. The van der Waals surface area contributed by atoms with Crippen molar-refractivity contribution in [1.82, 2.24) is 5.32 Å². The van der Waals surface area contributed by atoms with E-state index in [4.69, 9.17) is 11.6 Å². The molecule has 0 bridgehead atoms. The number of thiol groups is 1. The second-order valence-electron chi connectivity index (χ2n) is 2.72. The second kappa shape index (κ2) is 5.22. The largest absolute Gasteiger partial charge is 0.347 e. The summed E-state index contributed by atoms with van der Waals surface area (Å²) in [6.45, 7) is 0.347. The zero-order chi connectivity index (χ0) is 10.6. The lowest BCUT2D eigenvalue weighted by molar-refractivity contribution is 0.261. The first kappa shape index (κ1) is 11.3. The van der Waals surface area contributed by atoms with Crippen molar-refractivity contribution in [2.45, 2.75) is 6.42 Å². The van der Waals surface area contributed by atoms with Crippen LogP contribution in [0.15, 0.2) is 18.2 Å². The molecule has 14 heavy (non-hydrogen) atoms. The van der Waals surface area contributed by atoms with Gasteiger partial charge in [0.1, 0.15) is 5.82 Å². The lowest BCUT2D eigenvalue weighted by Gasteiger charge is -2.03. The van der Waals surface area contributed by atoms with Crippen LogP contribution < -0.4 is 5.32 Å². The molecule has 0 saturated carbocycles. The Balaban J connectivity index is 2.57. The van der Waals surface area contributed by atoms with Crippen LogP contribution in [0.1, 0.15) is 5.56 Å². The Morgan fingerprint density at radius 2 is 2.29 bits per heavy atom. The quantitative estimate of drug-likeness (QED) is 0.773. The van der Waals surface area contributed by atoms with E-state index in [1.54, 1.807) is 6.07 Å². The molecule has 0 aliphatic carbocycles. The molecule has 5 heteroatoms. The maximum absolute atomic E-state index is 13.1. The third-order valence-electron chi connectivity index (χ3n) is 1.68. The second-order valence-corrected chi connectivity index (χ2v) is 3.56. The molecule has 1 N–H and O–H groups in total. The first-order valence-electron chi connectivity index (χ1n) is 4.00. The van der Waals surface area contributed by atoms with Crippen LogP contribution in [0.4, 0.5) is 9.18 Å². The van der Waals surface area contributed by atoms with Gasteiger partial charge < -0.3 is 5.32 Å². The summed E-state index contributed by atoms with van der Waals surface area (Å²) >= 11 is 9.21. The summed E-state index contributed by atoms with van der Waals surface area (Å²) in [7, 11) is 0. The average Bonchev–Trinajstić information content (AvgIpc) is 2.10. The molecular formula is C9H9ClFNOS. The van der Waals surface area contributed by atoms with Crippen LogP contribution in [0.25, 0.3) is 0 Å². The molecule has 0 aliphatic rings. The van der Waals surface area contributed by atoms with Gasteiger partial charge in [-0.15, -0.1) is 0 Å². The van der Waals surface area contributed by atoms with Gasteiger partial charge in [-0.3, -0.25) is 4.79 Å². The number of rotatable bonds is 3. The summed E-state index contributed by atoms with van der Waals surface area (Å²) in [4.78, 5) is 10.4. The molecule has 1 amide bonds. The molecule has 0 heterocycles. The highest BCUT2D eigenvalue weighted by atomic mass is 35.5. The zero-order valence-corrected chi connectivity index (χ0v) is 8.91. The Morgan fingerprint density at radius 3 is 2.93 bits per heavy atom. The Morgan fingerprint density at radius 1 is 1.57 bits per heavy atom. The SMILES string of the molecule is O=C(S)NCCc1cc(Cl)ccc1F. The average molecular weight is 234 g/mol. The molecule has 1 aromatic carbocycles. The summed E-state index contributed by atoms with van der Waals surface area (Å²) in [5, 5.41) is 2.52. The van der Waals surface area contributed by atoms with Crippen molar-refractivity contribution in [3.8, 4) is 0 Å². The summed E-state index contributed by atoms with van der Waals surface area (Å²) < 4.78 is 13.1. The van der Waals surface area contributed by atoms with E-state index in [2.05, 4.69) is 17.9 Å². The zero-order valence-electron chi connectivity index (χ0n) is 7.26. The summed E-state index contributed by atoms with van der Waals surface area (Å²) in [5.74, 6) is -0.317. The van der Waals surface area contributed by atoms with E-state index in [-0.39, 0.29) is 5.82 Å². The van der Waals surface area contributed by atoms with Gasteiger partial charge in [0, 0.05) is 11.6 Å². The Hall–Kier alpha value is -0.740. The van der Waals surface area contributed by atoms with Crippen LogP contribution in [-0.2, 0) is 6.42 Å². The third kappa shape index (κ3) is 3.55. The van der Waals surface area contributed by atoms with Gasteiger partial charge in [0.05, 0.1) is 0 Å². The van der Waals surface area contributed by atoms with Gasteiger partial charge in [-0.2, -0.15) is 0 Å². The van der Waals surface area contributed by atoms with Crippen molar-refractivity contribution in [3.05, 3.63) is 34.6 Å². The topological polar surface area (TPSA) is 29.1 Å². The van der Waals surface area contributed by atoms with Crippen molar-refractivity contribution < 1.29 is 9.18 Å². The highest BCUT2D eigenvalue weighted by Crippen LogP contribution is 2.14. The fourth-order valence-electron chi connectivity index (χ4n) is 1.04. The molecule has 1 aromatic rings. The van der Waals surface area contributed by atoms with Crippen molar-refractivity contribution in [2.24, 2.45) is 0 Å². The van der Waals surface area contributed by atoms with Gasteiger partial charge in [0.25, 0.3) is 5.24 Å². The number of nitrogens with one attached hydrogen (secondary N) is 1. The van der Waals surface area contributed by atoms with Gasteiger partial charge in [-0.25, -0.2) is 4.39 Å². The van der Waals surface area contributed by atoms with Crippen molar-refractivity contribution in [1.29, 1.82) is 0 Å². The van der Waals surface area contributed by atoms with Crippen LogP contribution >= 0.6 is 24.2 Å². The Bertz CT molecular complexity index is 346. The molecule has 1 rings (SSSR count). The Kier molecular flexibility index (Phi) is 4.22. The smallest absolute Gasteiger partial charge is 0.275 e. The number of carbonyl (C=O) groups excluding carboxylic acids is 1. The summed E-state index contributed by atoms with van der Waals surface area (Å²) in [6.07, 6.45) is 0.401. The highest BCUT2D eigenvalue weighted by Gasteiger charge is 2.02. The molecule has 0 spiro atoms.